The molecule has 0 aliphatic carbocycles. The van der Waals surface area contributed by atoms with E-state index in [1.807, 2.05) is 6.07 Å². The largest absolute Gasteiger partial charge is 0.381 e. The zero-order valence-electron chi connectivity index (χ0n) is 13.6. The third kappa shape index (κ3) is 2.61. The van der Waals surface area contributed by atoms with Crippen molar-refractivity contribution in [2.75, 3.05) is 13.2 Å². The van der Waals surface area contributed by atoms with Crippen LogP contribution in [0.25, 0.3) is 16.6 Å². The van der Waals surface area contributed by atoms with E-state index in [9.17, 15) is 8.78 Å². The molecule has 2 nitrogen and oxygen atoms in total. The lowest BCUT2D eigenvalue weighted by Gasteiger charge is -2.24. The van der Waals surface area contributed by atoms with Crippen molar-refractivity contribution in [1.29, 1.82) is 0 Å². The van der Waals surface area contributed by atoms with Crippen LogP contribution in [0.15, 0.2) is 42.5 Å². The quantitative estimate of drug-likeness (QED) is 0.638. The molecule has 3 aromatic rings. The minimum Gasteiger partial charge on any atom is -0.381 e. The summed E-state index contributed by atoms with van der Waals surface area (Å²) in [7, 11) is 0. The first-order valence-electron chi connectivity index (χ1n) is 8.28. The Bertz CT molecular complexity index is 894. The highest BCUT2D eigenvalue weighted by Crippen LogP contribution is 2.34. The summed E-state index contributed by atoms with van der Waals surface area (Å²) in [6, 6.07) is 12.5. The molecule has 1 aliphatic rings. The molecule has 2 heterocycles. The molecule has 1 aromatic heterocycles. The Morgan fingerprint density at radius 1 is 0.958 bits per heavy atom. The number of ether oxygens (including phenoxy) is 1. The van der Waals surface area contributed by atoms with Gasteiger partial charge in [0.1, 0.15) is 0 Å². The fourth-order valence-electron chi connectivity index (χ4n) is 3.56. The fraction of sp³-hybridized carbons (Fsp3) is 0.300. The molecular weight excluding hydrogens is 308 g/mol. The molecule has 4 heteroatoms. The van der Waals surface area contributed by atoms with Gasteiger partial charge < -0.3 is 9.30 Å². The van der Waals surface area contributed by atoms with Crippen LogP contribution in [0.4, 0.5) is 8.78 Å². The fourth-order valence-corrected chi connectivity index (χ4v) is 3.56. The van der Waals surface area contributed by atoms with Gasteiger partial charge in [-0.15, -0.1) is 0 Å². The standard InChI is InChI=1S/C20H19F2NO/c1-13-2-5-19-15(10-13)11-20(14-6-8-24-9-7-14)23(19)16-3-4-17(21)18(22)12-16/h2-5,10-12,14H,6-9H2,1H3. The van der Waals surface area contributed by atoms with Gasteiger partial charge in [0.05, 0.1) is 5.52 Å². The first-order valence-corrected chi connectivity index (χ1v) is 8.28. The van der Waals surface area contributed by atoms with Crippen molar-refractivity contribution in [3.63, 3.8) is 0 Å². The maximum atomic E-state index is 13.8. The van der Waals surface area contributed by atoms with Gasteiger partial charge in [-0.1, -0.05) is 11.6 Å². The molecule has 0 bridgehead atoms. The molecule has 0 unspecified atom stereocenters. The van der Waals surface area contributed by atoms with Gasteiger partial charge in [0.25, 0.3) is 0 Å². The molecule has 0 spiro atoms. The van der Waals surface area contributed by atoms with Crippen LogP contribution < -0.4 is 0 Å². The van der Waals surface area contributed by atoms with Crippen molar-refractivity contribution >= 4 is 10.9 Å². The molecule has 0 saturated carbocycles. The van der Waals surface area contributed by atoms with Crippen LogP contribution in [0, 0.1) is 18.6 Å². The summed E-state index contributed by atoms with van der Waals surface area (Å²) in [5.41, 5.74) is 4.01. The van der Waals surface area contributed by atoms with Crippen molar-refractivity contribution < 1.29 is 13.5 Å². The summed E-state index contributed by atoms with van der Waals surface area (Å²) in [4.78, 5) is 0. The molecular formula is C20H19F2NO. The molecule has 1 fully saturated rings. The van der Waals surface area contributed by atoms with E-state index < -0.39 is 11.6 Å². The molecule has 1 aliphatic heterocycles. The molecule has 0 radical (unpaired) electrons. The third-order valence-electron chi connectivity index (χ3n) is 4.79. The lowest BCUT2D eigenvalue weighted by atomic mass is 9.96. The SMILES string of the molecule is Cc1ccc2c(c1)cc(C1CCOCC1)n2-c1ccc(F)c(F)c1. The second kappa shape index (κ2) is 6.02. The maximum absolute atomic E-state index is 13.8. The number of hydrogen-bond acceptors (Lipinski definition) is 1. The highest BCUT2D eigenvalue weighted by atomic mass is 19.2. The third-order valence-corrected chi connectivity index (χ3v) is 4.79. The van der Waals surface area contributed by atoms with Crippen molar-refractivity contribution in [1.82, 2.24) is 4.57 Å². The summed E-state index contributed by atoms with van der Waals surface area (Å²) in [6.07, 6.45) is 1.89. The van der Waals surface area contributed by atoms with E-state index in [2.05, 4.69) is 29.7 Å². The number of benzene rings is 2. The molecule has 0 atom stereocenters. The Morgan fingerprint density at radius 3 is 2.50 bits per heavy atom. The second-order valence-electron chi connectivity index (χ2n) is 6.45. The number of rotatable bonds is 2. The van der Waals surface area contributed by atoms with Gasteiger partial charge in [-0.2, -0.15) is 0 Å². The van der Waals surface area contributed by atoms with E-state index in [4.69, 9.17) is 4.74 Å². The summed E-state index contributed by atoms with van der Waals surface area (Å²) < 4.78 is 34.7. The van der Waals surface area contributed by atoms with Gasteiger partial charge in [0.15, 0.2) is 11.6 Å². The molecule has 2 aromatic carbocycles. The number of hydrogen-bond donors (Lipinski definition) is 0. The lowest BCUT2D eigenvalue weighted by Crippen LogP contribution is -2.16. The highest BCUT2D eigenvalue weighted by molar-refractivity contribution is 5.84. The van der Waals surface area contributed by atoms with E-state index >= 15 is 0 Å². The van der Waals surface area contributed by atoms with Gasteiger partial charge in [0, 0.05) is 42.0 Å². The second-order valence-corrected chi connectivity index (χ2v) is 6.45. The molecule has 0 amide bonds. The number of aryl methyl sites for hydroxylation is 1. The Hall–Kier alpha value is -2.20. The minimum absolute atomic E-state index is 0.361. The van der Waals surface area contributed by atoms with Crippen LogP contribution in [-0.2, 0) is 4.74 Å². The van der Waals surface area contributed by atoms with E-state index in [-0.39, 0.29) is 0 Å². The van der Waals surface area contributed by atoms with Crippen LogP contribution in [0.3, 0.4) is 0 Å². The van der Waals surface area contributed by atoms with Crippen LogP contribution in [-0.4, -0.2) is 17.8 Å². The van der Waals surface area contributed by atoms with Crippen molar-refractivity contribution in [3.8, 4) is 5.69 Å². The number of aromatic nitrogens is 1. The summed E-state index contributed by atoms with van der Waals surface area (Å²) in [6.45, 7) is 3.54. The van der Waals surface area contributed by atoms with Gasteiger partial charge in [-0.3, -0.25) is 0 Å². The molecule has 124 valence electrons. The predicted molar refractivity (Wildman–Crippen MR) is 90.7 cm³/mol. The Labute approximate surface area is 139 Å². The van der Waals surface area contributed by atoms with E-state index in [1.54, 1.807) is 6.07 Å². The Kier molecular flexibility index (Phi) is 3.85. The van der Waals surface area contributed by atoms with E-state index in [0.29, 0.717) is 11.6 Å². The molecule has 1 saturated heterocycles. The Morgan fingerprint density at radius 2 is 1.75 bits per heavy atom. The lowest BCUT2D eigenvalue weighted by molar-refractivity contribution is 0.0842. The van der Waals surface area contributed by atoms with Crippen molar-refractivity contribution in [2.24, 2.45) is 0 Å². The van der Waals surface area contributed by atoms with Gasteiger partial charge >= 0.3 is 0 Å². The number of halogens is 2. The van der Waals surface area contributed by atoms with Crippen LogP contribution in [0.1, 0.15) is 30.0 Å². The number of fused-ring (bicyclic) bond motifs is 1. The zero-order chi connectivity index (χ0) is 16.7. The maximum Gasteiger partial charge on any atom is 0.160 e. The first kappa shape index (κ1) is 15.3. The van der Waals surface area contributed by atoms with Gasteiger partial charge in [-0.25, -0.2) is 8.78 Å². The highest BCUT2D eigenvalue weighted by Gasteiger charge is 2.22. The Balaban J connectivity index is 1.94. The minimum atomic E-state index is -0.821. The first-order chi connectivity index (χ1) is 11.6. The van der Waals surface area contributed by atoms with Crippen LogP contribution >= 0.6 is 0 Å². The zero-order valence-corrected chi connectivity index (χ0v) is 13.6. The van der Waals surface area contributed by atoms with Crippen LogP contribution in [0.2, 0.25) is 0 Å². The monoisotopic (exact) mass is 327 g/mol. The summed E-state index contributed by atoms with van der Waals surface area (Å²) in [5.74, 6) is -1.28. The van der Waals surface area contributed by atoms with Gasteiger partial charge in [-0.05, 0) is 50.1 Å². The van der Waals surface area contributed by atoms with E-state index in [1.165, 1.54) is 17.7 Å². The normalized spacial score (nSPS) is 16.0. The summed E-state index contributed by atoms with van der Waals surface area (Å²) in [5, 5.41) is 1.13. The van der Waals surface area contributed by atoms with Crippen LogP contribution in [0.5, 0.6) is 0 Å². The topological polar surface area (TPSA) is 14.2 Å². The average molecular weight is 327 g/mol. The van der Waals surface area contributed by atoms with Crippen molar-refractivity contribution in [2.45, 2.75) is 25.7 Å². The molecule has 4 rings (SSSR count). The predicted octanol–water partition coefficient (Wildman–Crippen LogP) is 5.11. The summed E-state index contributed by atoms with van der Waals surface area (Å²) >= 11 is 0. The molecule has 24 heavy (non-hydrogen) atoms. The van der Waals surface area contributed by atoms with E-state index in [0.717, 1.165) is 42.7 Å². The van der Waals surface area contributed by atoms with Gasteiger partial charge in [0.2, 0.25) is 0 Å². The van der Waals surface area contributed by atoms with Crippen molar-refractivity contribution in [3.05, 3.63) is 65.4 Å². The average Bonchev–Trinajstić information content (AvgIpc) is 2.96. The number of nitrogens with zero attached hydrogens (tertiary/aromatic N) is 1. The molecule has 0 N–H and O–H groups in total. The smallest absolute Gasteiger partial charge is 0.160 e.